The topological polar surface area (TPSA) is 78.8 Å². The van der Waals surface area contributed by atoms with E-state index in [4.69, 9.17) is 4.74 Å². The molecule has 2 aliphatic rings. The Labute approximate surface area is 230 Å². The standard InChI is InChI=1S/C31H39N5O3/c1-19-7-10-26(36-17-24-8-9-25(18-36)33-24)15-28(19)30(37)32-20(2)21-11-22(13-27(12-21)39-6)23-14-29(35(5)16-23)31(38)34(3)4/h7,10-16,20,24-25,33H,8-9,17-18H2,1-6H3,(H,32,37)/t20-,24-,25+/m1/s1. The highest BCUT2D eigenvalue weighted by Gasteiger charge is 2.32. The van der Waals surface area contributed by atoms with Crippen LogP contribution in [0.3, 0.4) is 0 Å². The molecule has 3 heterocycles. The number of hydrogen-bond acceptors (Lipinski definition) is 5. The quantitative estimate of drug-likeness (QED) is 0.481. The summed E-state index contributed by atoms with van der Waals surface area (Å²) in [5.74, 6) is 0.543. The van der Waals surface area contributed by atoms with Gasteiger partial charge in [0.15, 0.2) is 0 Å². The van der Waals surface area contributed by atoms with Crippen LogP contribution in [0.15, 0.2) is 48.7 Å². The minimum absolute atomic E-state index is 0.0569. The van der Waals surface area contributed by atoms with Crippen LogP contribution in [0.2, 0.25) is 0 Å². The van der Waals surface area contributed by atoms with Crippen molar-refractivity contribution in [1.29, 1.82) is 0 Å². The minimum atomic E-state index is -0.254. The van der Waals surface area contributed by atoms with E-state index in [2.05, 4.69) is 21.6 Å². The molecule has 3 aromatic rings. The molecule has 5 rings (SSSR count). The van der Waals surface area contributed by atoms with Crippen LogP contribution in [0.25, 0.3) is 11.1 Å². The van der Waals surface area contributed by atoms with Crippen molar-refractivity contribution in [2.45, 2.75) is 44.8 Å². The first-order chi connectivity index (χ1) is 18.6. The second-order valence-electron chi connectivity index (χ2n) is 11.2. The molecule has 2 amide bonds. The summed E-state index contributed by atoms with van der Waals surface area (Å²) >= 11 is 0. The van der Waals surface area contributed by atoms with Gasteiger partial charge in [0.05, 0.1) is 13.2 Å². The number of aromatic nitrogens is 1. The van der Waals surface area contributed by atoms with Crippen LogP contribution in [0.5, 0.6) is 5.75 Å². The number of ether oxygens (including phenoxy) is 1. The fourth-order valence-corrected chi connectivity index (χ4v) is 5.74. The van der Waals surface area contributed by atoms with E-state index in [1.165, 1.54) is 12.8 Å². The molecule has 2 bridgehead atoms. The van der Waals surface area contributed by atoms with Gasteiger partial charge in [-0.25, -0.2) is 0 Å². The van der Waals surface area contributed by atoms with Crippen molar-refractivity contribution in [1.82, 2.24) is 20.1 Å². The lowest BCUT2D eigenvalue weighted by Crippen LogP contribution is -2.51. The van der Waals surface area contributed by atoms with Gasteiger partial charge in [0.25, 0.3) is 11.8 Å². The average Bonchev–Trinajstić information content (AvgIpc) is 3.48. The number of fused-ring (bicyclic) bond motifs is 2. The van der Waals surface area contributed by atoms with Gasteiger partial charge in [0.1, 0.15) is 11.4 Å². The van der Waals surface area contributed by atoms with Gasteiger partial charge in [-0.3, -0.25) is 9.59 Å². The van der Waals surface area contributed by atoms with E-state index in [-0.39, 0.29) is 17.9 Å². The van der Waals surface area contributed by atoms with Crippen molar-refractivity contribution < 1.29 is 14.3 Å². The van der Waals surface area contributed by atoms with Gasteiger partial charge in [-0.1, -0.05) is 6.07 Å². The number of anilines is 1. The molecule has 0 radical (unpaired) electrons. The summed E-state index contributed by atoms with van der Waals surface area (Å²) in [6.07, 6.45) is 4.38. The molecule has 0 unspecified atom stereocenters. The number of methoxy groups -OCH3 is 1. The molecule has 2 aliphatic heterocycles. The largest absolute Gasteiger partial charge is 0.497 e. The van der Waals surface area contributed by atoms with Crippen LogP contribution in [-0.4, -0.2) is 67.7 Å². The molecule has 2 aromatic carbocycles. The highest BCUT2D eigenvalue weighted by molar-refractivity contribution is 5.97. The van der Waals surface area contributed by atoms with E-state index in [0.717, 1.165) is 41.0 Å². The van der Waals surface area contributed by atoms with Gasteiger partial charge in [-0.05, 0) is 79.8 Å². The lowest BCUT2D eigenvalue weighted by atomic mass is 10.00. The molecule has 8 heteroatoms. The predicted octanol–water partition coefficient (Wildman–Crippen LogP) is 4.14. The van der Waals surface area contributed by atoms with Crippen LogP contribution >= 0.6 is 0 Å². The van der Waals surface area contributed by atoms with Gasteiger partial charge in [0, 0.05) is 69.3 Å². The lowest BCUT2D eigenvalue weighted by molar-refractivity contribution is 0.0818. The van der Waals surface area contributed by atoms with Crippen molar-refractivity contribution >= 4 is 17.5 Å². The van der Waals surface area contributed by atoms with E-state index >= 15 is 0 Å². The number of hydrogen-bond donors (Lipinski definition) is 2. The molecule has 0 spiro atoms. The lowest BCUT2D eigenvalue weighted by Gasteiger charge is -2.35. The molecule has 2 fully saturated rings. The van der Waals surface area contributed by atoms with Crippen LogP contribution in [0.4, 0.5) is 5.69 Å². The monoisotopic (exact) mass is 529 g/mol. The molecular formula is C31H39N5O3. The molecule has 0 saturated carbocycles. The first kappa shape index (κ1) is 26.8. The summed E-state index contributed by atoms with van der Waals surface area (Å²) in [6, 6.07) is 14.9. The normalized spacial score (nSPS) is 19.1. The number of carbonyl (C=O) groups excluding carboxylic acids is 2. The second kappa shape index (κ2) is 10.8. The Kier molecular flexibility index (Phi) is 7.40. The second-order valence-corrected chi connectivity index (χ2v) is 11.2. The molecule has 8 nitrogen and oxygen atoms in total. The van der Waals surface area contributed by atoms with Crippen molar-refractivity contribution in [3.8, 4) is 16.9 Å². The Bertz CT molecular complexity index is 1380. The van der Waals surface area contributed by atoms with Gasteiger partial charge in [0.2, 0.25) is 0 Å². The first-order valence-corrected chi connectivity index (χ1v) is 13.6. The zero-order valence-electron chi connectivity index (χ0n) is 23.7. The van der Waals surface area contributed by atoms with Crippen LogP contribution in [-0.2, 0) is 7.05 Å². The maximum absolute atomic E-state index is 13.5. The van der Waals surface area contributed by atoms with E-state index < -0.39 is 0 Å². The first-order valence-electron chi connectivity index (χ1n) is 13.6. The van der Waals surface area contributed by atoms with Gasteiger partial charge < -0.3 is 29.7 Å². The van der Waals surface area contributed by atoms with Crippen LogP contribution < -0.4 is 20.3 Å². The molecular weight excluding hydrogens is 490 g/mol. The predicted molar refractivity (Wildman–Crippen MR) is 155 cm³/mol. The molecule has 2 saturated heterocycles. The van der Waals surface area contributed by atoms with Gasteiger partial charge >= 0.3 is 0 Å². The molecule has 0 aliphatic carbocycles. The number of benzene rings is 2. The number of aryl methyl sites for hydroxylation is 2. The average molecular weight is 530 g/mol. The zero-order valence-corrected chi connectivity index (χ0v) is 23.7. The summed E-state index contributed by atoms with van der Waals surface area (Å²) in [5, 5.41) is 6.87. The highest BCUT2D eigenvalue weighted by atomic mass is 16.5. The van der Waals surface area contributed by atoms with Crippen molar-refractivity contribution in [2.75, 3.05) is 39.2 Å². The maximum atomic E-state index is 13.5. The fraction of sp³-hybridized carbons (Fsp3) is 0.419. The van der Waals surface area contributed by atoms with E-state index in [9.17, 15) is 9.59 Å². The summed E-state index contributed by atoms with van der Waals surface area (Å²) in [5.41, 5.74) is 6.12. The minimum Gasteiger partial charge on any atom is -0.497 e. The smallest absolute Gasteiger partial charge is 0.269 e. The Morgan fingerprint density at radius 1 is 1.05 bits per heavy atom. The van der Waals surface area contributed by atoms with Crippen LogP contribution in [0, 0.1) is 6.92 Å². The number of rotatable bonds is 7. The highest BCUT2D eigenvalue weighted by Crippen LogP contribution is 2.31. The van der Waals surface area contributed by atoms with E-state index in [1.807, 2.05) is 68.1 Å². The zero-order chi connectivity index (χ0) is 27.8. The van der Waals surface area contributed by atoms with Crippen molar-refractivity contribution in [3.63, 3.8) is 0 Å². The number of nitrogens with zero attached hydrogens (tertiary/aromatic N) is 3. The number of nitrogens with one attached hydrogen (secondary N) is 2. The number of piperazine rings is 1. The maximum Gasteiger partial charge on any atom is 0.269 e. The third kappa shape index (κ3) is 5.52. The molecule has 39 heavy (non-hydrogen) atoms. The third-order valence-electron chi connectivity index (χ3n) is 8.02. The number of amides is 2. The molecule has 2 N–H and O–H groups in total. The Morgan fingerprint density at radius 2 is 1.77 bits per heavy atom. The molecule has 3 atom stereocenters. The van der Waals surface area contributed by atoms with Gasteiger partial charge in [-0.15, -0.1) is 0 Å². The molecule has 206 valence electrons. The van der Waals surface area contributed by atoms with E-state index in [1.54, 1.807) is 26.1 Å². The Balaban J connectivity index is 1.37. The summed E-state index contributed by atoms with van der Waals surface area (Å²) in [6.45, 7) is 5.92. The Morgan fingerprint density at radius 3 is 2.44 bits per heavy atom. The SMILES string of the molecule is COc1cc(-c2cc(C(=O)N(C)C)n(C)c2)cc([C@@H](C)NC(=O)c2cc(N3C[C@H]4CC[C@@H](C3)N4)ccc2C)c1. The fourth-order valence-electron chi connectivity index (χ4n) is 5.74. The summed E-state index contributed by atoms with van der Waals surface area (Å²) in [7, 11) is 6.99. The van der Waals surface area contributed by atoms with E-state index in [0.29, 0.717) is 29.1 Å². The van der Waals surface area contributed by atoms with Crippen molar-refractivity contribution in [3.05, 3.63) is 71.0 Å². The van der Waals surface area contributed by atoms with Gasteiger partial charge in [-0.2, -0.15) is 0 Å². The van der Waals surface area contributed by atoms with Crippen molar-refractivity contribution in [2.24, 2.45) is 7.05 Å². The summed E-state index contributed by atoms with van der Waals surface area (Å²) < 4.78 is 7.43. The number of carbonyl (C=O) groups is 2. The Hall–Kier alpha value is -3.78. The molecule has 1 aromatic heterocycles. The summed E-state index contributed by atoms with van der Waals surface area (Å²) in [4.78, 5) is 30.1. The van der Waals surface area contributed by atoms with Crippen LogP contribution in [0.1, 0.15) is 57.8 Å². The third-order valence-corrected chi connectivity index (χ3v) is 8.02.